The van der Waals surface area contributed by atoms with Gasteiger partial charge in [-0.2, -0.15) is 0 Å². The minimum absolute atomic E-state index is 0.0127. The Morgan fingerprint density at radius 1 is 1.14 bits per heavy atom. The SMILES string of the molecule is COc1cccc(CC(=O)NCCc2ccc(N)cc2)c1. The molecule has 21 heavy (non-hydrogen) atoms. The van der Waals surface area contributed by atoms with E-state index in [1.807, 2.05) is 48.5 Å². The average Bonchev–Trinajstić information content (AvgIpc) is 2.49. The summed E-state index contributed by atoms with van der Waals surface area (Å²) in [4.78, 5) is 11.9. The van der Waals surface area contributed by atoms with Crippen molar-refractivity contribution >= 4 is 11.6 Å². The molecule has 0 aliphatic rings. The first-order valence-corrected chi connectivity index (χ1v) is 6.91. The fraction of sp³-hybridized carbons (Fsp3) is 0.235. The normalized spacial score (nSPS) is 10.1. The largest absolute Gasteiger partial charge is 0.497 e. The van der Waals surface area contributed by atoms with Crippen LogP contribution in [0, 0.1) is 0 Å². The highest BCUT2D eigenvalue weighted by molar-refractivity contribution is 5.78. The molecule has 2 aromatic rings. The molecule has 2 aromatic carbocycles. The third-order valence-corrected chi connectivity index (χ3v) is 3.21. The number of nitrogens with two attached hydrogens (primary N) is 1. The second kappa shape index (κ2) is 7.33. The lowest BCUT2D eigenvalue weighted by Gasteiger charge is -2.07. The Hall–Kier alpha value is -2.49. The van der Waals surface area contributed by atoms with Crippen molar-refractivity contribution in [2.75, 3.05) is 19.4 Å². The van der Waals surface area contributed by atoms with Gasteiger partial charge in [-0.15, -0.1) is 0 Å². The molecule has 3 N–H and O–H groups in total. The van der Waals surface area contributed by atoms with Crippen LogP contribution in [0.1, 0.15) is 11.1 Å². The zero-order valence-corrected chi connectivity index (χ0v) is 12.1. The van der Waals surface area contributed by atoms with Gasteiger partial charge in [-0.3, -0.25) is 4.79 Å². The number of amides is 1. The first kappa shape index (κ1) is 14.9. The topological polar surface area (TPSA) is 64.3 Å². The molecule has 0 saturated carbocycles. The van der Waals surface area contributed by atoms with E-state index in [0.29, 0.717) is 13.0 Å². The molecule has 110 valence electrons. The van der Waals surface area contributed by atoms with Crippen LogP contribution in [0.15, 0.2) is 48.5 Å². The van der Waals surface area contributed by atoms with E-state index < -0.39 is 0 Å². The van der Waals surface area contributed by atoms with E-state index in [1.165, 1.54) is 0 Å². The van der Waals surface area contributed by atoms with Crippen molar-refractivity contribution in [1.29, 1.82) is 0 Å². The van der Waals surface area contributed by atoms with Crippen LogP contribution in [0.25, 0.3) is 0 Å². The van der Waals surface area contributed by atoms with E-state index in [-0.39, 0.29) is 5.91 Å². The van der Waals surface area contributed by atoms with E-state index in [0.717, 1.165) is 29.0 Å². The van der Waals surface area contributed by atoms with Gasteiger partial charge in [-0.1, -0.05) is 24.3 Å². The maximum Gasteiger partial charge on any atom is 0.224 e. The van der Waals surface area contributed by atoms with Gasteiger partial charge in [0.1, 0.15) is 5.75 Å². The molecule has 0 aliphatic carbocycles. The summed E-state index contributed by atoms with van der Waals surface area (Å²) in [6, 6.07) is 15.2. The van der Waals surface area contributed by atoms with Crippen LogP contribution in [0.4, 0.5) is 5.69 Å². The Bertz CT molecular complexity index is 594. The van der Waals surface area contributed by atoms with Crippen LogP contribution in [-0.4, -0.2) is 19.6 Å². The number of nitrogen functional groups attached to an aromatic ring is 1. The number of hydrogen-bond acceptors (Lipinski definition) is 3. The van der Waals surface area contributed by atoms with Crippen molar-refractivity contribution in [3.63, 3.8) is 0 Å². The van der Waals surface area contributed by atoms with E-state index in [4.69, 9.17) is 10.5 Å². The number of carbonyl (C=O) groups is 1. The van der Waals surface area contributed by atoms with Crippen molar-refractivity contribution in [3.05, 3.63) is 59.7 Å². The molecule has 1 amide bonds. The molecule has 2 rings (SSSR count). The average molecular weight is 284 g/mol. The Balaban J connectivity index is 1.78. The highest BCUT2D eigenvalue weighted by Gasteiger charge is 2.04. The van der Waals surface area contributed by atoms with Gasteiger partial charge < -0.3 is 15.8 Å². The van der Waals surface area contributed by atoms with Crippen LogP contribution in [0.5, 0.6) is 5.75 Å². The van der Waals surface area contributed by atoms with E-state index >= 15 is 0 Å². The van der Waals surface area contributed by atoms with E-state index in [1.54, 1.807) is 7.11 Å². The fourth-order valence-electron chi connectivity index (χ4n) is 2.06. The molecule has 4 nitrogen and oxygen atoms in total. The van der Waals surface area contributed by atoms with Gasteiger partial charge in [-0.05, 0) is 41.8 Å². The predicted octanol–water partition coefficient (Wildman–Crippen LogP) is 2.18. The minimum Gasteiger partial charge on any atom is -0.497 e. The van der Waals surface area contributed by atoms with Crippen molar-refractivity contribution in [3.8, 4) is 5.75 Å². The molecule has 0 aliphatic heterocycles. The van der Waals surface area contributed by atoms with Gasteiger partial charge in [0.25, 0.3) is 0 Å². The summed E-state index contributed by atoms with van der Waals surface area (Å²) < 4.78 is 5.14. The second-order valence-electron chi connectivity index (χ2n) is 4.87. The molecule has 0 radical (unpaired) electrons. The third kappa shape index (κ3) is 4.84. The van der Waals surface area contributed by atoms with Crippen LogP contribution in [0.3, 0.4) is 0 Å². The number of hydrogen-bond donors (Lipinski definition) is 2. The molecule has 4 heteroatoms. The molecule has 0 spiro atoms. The Kier molecular flexibility index (Phi) is 5.21. The summed E-state index contributed by atoms with van der Waals surface area (Å²) in [5.41, 5.74) is 8.49. The highest BCUT2D eigenvalue weighted by Crippen LogP contribution is 2.12. The zero-order valence-electron chi connectivity index (χ0n) is 12.1. The number of anilines is 1. The summed E-state index contributed by atoms with van der Waals surface area (Å²) >= 11 is 0. The van der Waals surface area contributed by atoms with Gasteiger partial charge in [0, 0.05) is 12.2 Å². The number of nitrogens with one attached hydrogen (secondary N) is 1. The quantitative estimate of drug-likeness (QED) is 0.799. The molecule has 0 unspecified atom stereocenters. The number of methoxy groups -OCH3 is 1. The van der Waals surface area contributed by atoms with Crippen LogP contribution in [0.2, 0.25) is 0 Å². The van der Waals surface area contributed by atoms with Gasteiger partial charge in [0.05, 0.1) is 13.5 Å². The monoisotopic (exact) mass is 284 g/mol. The Morgan fingerprint density at radius 3 is 2.62 bits per heavy atom. The zero-order chi connectivity index (χ0) is 15.1. The summed E-state index contributed by atoms with van der Waals surface area (Å²) in [6.07, 6.45) is 1.16. The maximum atomic E-state index is 11.9. The van der Waals surface area contributed by atoms with Gasteiger partial charge in [0.2, 0.25) is 5.91 Å². The lowest BCUT2D eigenvalue weighted by molar-refractivity contribution is -0.120. The van der Waals surface area contributed by atoms with E-state index in [2.05, 4.69) is 5.32 Å². The number of benzene rings is 2. The van der Waals surface area contributed by atoms with E-state index in [9.17, 15) is 4.79 Å². The molecule has 0 aromatic heterocycles. The van der Waals surface area contributed by atoms with Crippen molar-refractivity contribution < 1.29 is 9.53 Å². The summed E-state index contributed by atoms with van der Waals surface area (Å²) in [5, 5.41) is 2.92. The standard InChI is InChI=1S/C17H20N2O2/c1-21-16-4-2-3-14(11-16)12-17(20)19-10-9-13-5-7-15(18)8-6-13/h2-8,11H,9-10,12,18H2,1H3,(H,19,20). The molecular weight excluding hydrogens is 264 g/mol. The first-order valence-electron chi connectivity index (χ1n) is 6.91. The number of ether oxygens (including phenoxy) is 1. The van der Waals surface area contributed by atoms with Crippen molar-refractivity contribution in [2.24, 2.45) is 0 Å². The molecule has 0 atom stereocenters. The summed E-state index contributed by atoms with van der Waals surface area (Å²) in [7, 11) is 1.62. The van der Waals surface area contributed by atoms with Crippen molar-refractivity contribution in [1.82, 2.24) is 5.32 Å². The minimum atomic E-state index is 0.0127. The summed E-state index contributed by atoms with van der Waals surface area (Å²) in [5.74, 6) is 0.779. The molecule has 0 heterocycles. The lowest BCUT2D eigenvalue weighted by Crippen LogP contribution is -2.27. The number of carbonyl (C=O) groups excluding carboxylic acids is 1. The van der Waals surface area contributed by atoms with Gasteiger partial charge in [0.15, 0.2) is 0 Å². The van der Waals surface area contributed by atoms with Gasteiger partial charge in [-0.25, -0.2) is 0 Å². The second-order valence-corrected chi connectivity index (χ2v) is 4.87. The predicted molar refractivity (Wildman–Crippen MR) is 84.3 cm³/mol. The molecular formula is C17H20N2O2. The van der Waals surface area contributed by atoms with Gasteiger partial charge >= 0.3 is 0 Å². The first-order chi connectivity index (χ1) is 10.2. The van der Waals surface area contributed by atoms with Crippen LogP contribution in [-0.2, 0) is 17.6 Å². The highest BCUT2D eigenvalue weighted by atomic mass is 16.5. The third-order valence-electron chi connectivity index (χ3n) is 3.21. The van der Waals surface area contributed by atoms with Crippen molar-refractivity contribution in [2.45, 2.75) is 12.8 Å². The molecule has 0 saturated heterocycles. The lowest BCUT2D eigenvalue weighted by atomic mass is 10.1. The Morgan fingerprint density at radius 2 is 1.90 bits per heavy atom. The van der Waals surface area contributed by atoms with Crippen LogP contribution >= 0.6 is 0 Å². The summed E-state index contributed by atoms with van der Waals surface area (Å²) in [6.45, 7) is 0.618. The molecule has 0 fully saturated rings. The molecule has 0 bridgehead atoms. The van der Waals surface area contributed by atoms with Crippen LogP contribution < -0.4 is 15.8 Å². The fourth-order valence-corrected chi connectivity index (χ4v) is 2.06. The smallest absolute Gasteiger partial charge is 0.224 e. The Labute approximate surface area is 124 Å². The maximum absolute atomic E-state index is 11.9. The number of rotatable bonds is 6.